The van der Waals surface area contributed by atoms with Crippen molar-refractivity contribution in [1.29, 1.82) is 0 Å². The van der Waals surface area contributed by atoms with E-state index >= 15 is 0 Å². The number of aliphatic hydroxyl groups is 1. The predicted octanol–water partition coefficient (Wildman–Crippen LogP) is 4.17. The first-order valence-corrected chi connectivity index (χ1v) is 16.3. The highest BCUT2D eigenvalue weighted by Gasteiger charge is 2.61. The summed E-state index contributed by atoms with van der Waals surface area (Å²) in [6.07, 6.45) is -0.516. The molecule has 5 atom stereocenters. The number of rotatable bonds is 13. The summed E-state index contributed by atoms with van der Waals surface area (Å²) in [4.78, 5) is 38.6. The highest BCUT2D eigenvalue weighted by Crippen LogP contribution is 2.60. The number of carbonyl (C=O) groups excluding carboxylic acids is 1. The van der Waals surface area contributed by atoms with E-state index in [0.717, 1.165) is 22.8 Å². The van der Waals surface area contributed by atoms with Crippen molar-refractivity contribution in [3.8, 4) is 5.75 Å². The third-order valence-corrected chi connectivity index (χ3v) is 9.93. The second kappa shape index (κ2) is 12.9. The third kappa shape index (κ3) is 6.82. The molecule has 2 heterocycles. The summed E-state index contributed by atoms with van der Waals surface area (Å²) in [5, 5.41) is 15.2. The summed E-state index contributed by atoms with van der Waals surface area (Å²) >= 11 is 0. The van der Waals surface area contributed by atoms with E-state index in [1.165, 1.54) is 6.92 Å². The van der Waals surface area contributed by atoms with Crippen LogP contribution in [0.2, 0.25) is 0 Å². The van der Waals surface area contributed by atoms with Crippen molar-refractivity contribution in [3.63, 3.8) is 0 Å². The van der Waals surface area contributed by atoms with Gasteiger partial charge in [-0.2, -0.15) is 9.48 Å². The van der Waals surface area contributed by atoms with Crippen LogP contribution in [-0.2, 0) is 23.4 Å². The number of fused-ring (bicyclic) bond motifs is 1. The fourth-order valence-electron chi connectivity index (χ4n) is 5.38. The molecule has 0 spiro atoms. The molecule has 2 aliphatic rings. The van der Waals surface area contributed by atoms with E-state index in [1.807, 2.05) is 37.0 Å². The maximum atomic E-state index is 14.6. The van der Waals surface area contributed by atoms with Gasteiger partial charge < -0.3 is 19.1 Å². The molecule has 1 aliphatic heterocycles. The van der Waals surface area contributed by atoms with Crippen molar-refractivity contribution in [2.75, 3.05) is 6.61 Å². The molecule has 1 aromatic heterocycles. The Balaban J connectivity index is 1.41. The van der Waals surface area contributed by atoms with Gasteiger partial charge in [0.25, 0.3) is 5.56 Å². The highest BCUT2D eigenvalue weighted by molar-refractivity contribution is 7.52. The Bertz CT molecular complexity index is 1660. The maximum absolute atomic E-state index is 14.6. The van der Waals surface area contributed by atoms with Crippen LogP contribution in [0.1, 0.15) is 59.1 Å². The number of nitrogens with zero attached hydrogens (tertiary/aromatic N) is 1. The van der Waals surface area contributed by atoms with Crippen LogP contribution in [0, 0.1) is 11.7 Å². The van der Waals surface area contributed by atoms with Gasteiger partial charge in [-0.15, -0.1) is 0 Å². The van der Waals surface area contributed by atoms with Crippen LogP contribution in [0.15, 0.2) is 58.3 Å². The summed E-state index contributed by atoms with van der Waals surface area (Å²) < 4.78 is 53.1. The summed E-state index contributed by atoms with van der Waals surface area (Å²) in [5.74, 6) is -1.39. The number of halogens is 1. The topological polar surface area (TPSA) is 158 Å². The Morgan fingerprint density at radius 2 is 1.91 bits per heavy atom. The lowest BCUT2D eigenvalue weighted by molar-refractivity contribution is -0.146. The minimum atomic E-state index is -4.39. The Labute approximate surface area is 253 Å². The van der Waals surface area contributed by atoms with E-state index in [1.54, 1.807) is 24.3 Å². The van der Waals surface area contributed by atoms with E-state index in [2.05, 4.69) is 5.09 Å². The number of carbonyl (C=O) groups is 1. The van der Waals surface area contributed by atoms with Gasteiger partial charge in [0.05, 0.1) is 18.9 Å². The minimum Gasteiger partial charge on any atom is -0.464 e. The number of ether oxygens (including phenoxy) is 2. The molecule has 1 aliphatic carbocycles. The summed E-state index contributed by atoms with van der Waals surface area (Å²) in [5.41, 5.74) is -3.40. The van der Waals surface area contributed by atoms with E-state index in [4.69, 9.17) is 18.5 Å². The van der Waals surface area contributed by atoms with Crippen molar-refractivity contribution in [1.82, 2.24) is 14.6 Å². The summed E-state index contributed by atoms with van der Waals surface area (Å²) in [6, 6.07) is 11.5. The molecule has 0 unspecified atom stereocenters. The normalized spacial score (nSPS) is 22.9. The molecule has 2 fully saturated rings. The standard InChI is InChI=1S/C30H37FN3O9P/c1-4-19(5-2)17-40-28(37)18(3)33-44(39,42-24-12-8-10-20-9-6-7-11-21(20)24)43-30(13-14-30)26-23(35)15-25(41-26)34-16-22(31)27(36)32-29(34)38/h6-12,16,18-19,23,25-26,35H,4-5,13-15,17H2,1-3H3,(H,33,39)(H,32,36,38)/t18-,23-,25+,26-,44-/m0/s1. The predicted molar refractivity (Wildman–Crippen MR) is 159 cm³/mol. The van der Waals surface area contributed by atoms with Crippen LogP contribution in [0.3, 0.4) is 0 Å². The maximum Gasteiger partial charge on any atom is 0.460 e. The number of esters is 1. The quantitative estimate of drug-likeness (QED) is 0.184. The zero-order chi connectivity index (χ0) is 31.6. The van der Waals surface area contributed by atoms with Crippen molar-refractivity contribution in [2.24, 2.45) is 5.92 Å². The molecule has 0 bridgehead atoms. The number of aromatic amines is 1. The molecule has 3 N–H and O–H groups in total. The second-order valence-electron chi connectivity index (χ2n) is 11.3. The lowest BCUT2D eigenvalue weighted by Gasteiger charge is -2.31. The average molecular weight is 634 g/mol. The van der Waals surface area contributed by atoms with Crippen LogP contribution in [0.4, 0.5) is 4.39 Å². The summed E-state index contributed by atoms with van der Waals surface area (Å²) in [6.45, 7) is 5.72. The van der Waals surface area contributed by atoms with E-state index < -0.39 is 60.9 Å². The highest BCUT2D eigenvalue weighted by atomic mass is 31.2. The Kier molecular flexibility index (Phi) is 9.43. The first-order chi connectivity index (χ1) is 21.0. The number of aliphatic hydroxyl groups excluding tert-OH is 1. The van der Waals surface area contributed by atoms with Crippen LogP contribution in [0.5, 0.6) is 5.75 Å². The van der Waals surface area contributed by atoms with Crippen LogP contribution in [-0.4, -0.2) is 51.1 Å². The number of benzene rings is 2. The number of nitrogens with one attached hydrogen (secondary N) is 2. The molecule has 14 heteroatoms. The van der Waals surface area contributed by atoms with Gasteiger partial charge >= 0.3 is 19.4 Å². The van der Waals surface area contributed by atoms with Crippen LogP contribution in [0.25, 0.3) is 10.8 Å². The monoisotopic (exact) mass is 633 g/mol. The first-order valence-electron chi connectivity index (χ1n) is 14.7. The molecular formula is C30H37FN3O9P. The van der Waals surface area contributed by atoms with Crippen molar-refractivity contribution >= 4 is 24.5 Å². The zero-order valence-electron chi connectivity index (χ0n) is 24.7. The fourth-order valence-corrected chi connectivity index (χ4v) is 7.29. The fraction of sp³-hybridized carbons (Fsp3) is 0.500. The number of hydrogen-bond donors (Lipinski definition) is 3. The Morgan fingerprint density at radius 3 is 2.61 bits per heavy atom. The van der Waals surface area contributed by atoms with E-state index in [0.29, 0.717) is 24.4 Å². The van der Waals surface area contributed by atoms with E-state index in [9.17, 15) is 28.4 Å². The average Bonchev–Trinajstić information content (AvgIpc) is 3.65. The van der Waals surface area contributed by atoms with Gasteiger partial charge in [-0.25, -0.2) is 9.36 Å². The van der Waals surface area contributed by atoms with E-state index in [-0.39, 0.29) is 24.7 Å². The van der Waals surface area contributed by atoms with Crippen molar-refractivity contribution < 1.29 is 37.4 Å². The molecule has 2 aromatic carbocycles. The molecule has 0 amide bonds. The lowest BCUT2D eigenvalue weighted by atomic mass is 10.1. The molecule has 0 radical (unpaired) electrons. The number of H-pyrrole nitrogens is 1. The Hall–Kier alpha value is -3.35. The first kappa shape index (κ1) is 32.1. The molecular weight excluding hydrogens is 596 g/mol. The SMILES string of the molecule is CCC(CC)COC(=O)[C@H](C)N[P@](=O)(Oc1cccc2ccccc12)OC1([C@H]2O[C@@H](n3cc(F)c(=O)[nH]c3=O)C[C@@H]2O)CC1. The van der Waals surface area contributed by atoms with Gasteiger partial charge in [0.1, 0.15) is 29.7 Å². The molecule has 5 rings (SSSR count). The van der Waals surface area contributed by atoms with Gasteiger partial charge in [-0.05, 0) is 37.1 Å². The third-order valence-electron chi connectivity index (χ3n) is 8.18. The number of aromatic nitrogens is 2. The summed E-state index contributed by atoms with van der Waals surface area (Å²) in [7, 11) is -4.39. The zero-order valence-corrected chi connectivity index (χ0v) is 25.6. The van der Waals surface area contributed by atoms with Gasteiger partial charge in [0.2, 0.25) is 5.82 Å². The lowest BCUT2D eigenvalue weighted by Crippen LogP contribution is -2.42. The van der Waals surface area contributed by atoms with Gasteiger partial charge in [-0.3, -0.25) is 23.7 Å². The van der Waals surface area contributed by atoms with Crippen molar-refractivity contribution in [3.05, 3.63) is 75.3 Å². The Morgan fingerprint density at radius 1 is 1.20 bits per heavy atom. The van der Waals surface area contributed by atoms with Crippen LogP contribution < -0.4 is 20.9 Å². The second-order valence-corrected chi connectivity index (χ2v) is 13.0. The molecule has 1 saturated heterocycles. The van der Waals surface area contributed by atoms with Crippen LogP contribution >= 0.6 is 7.75 Å². The molecule has 3 aromatic rings. The number of hydrogen-bond acceptors (Lipinski definition) is 9. The molecule has 238 valence electrons. The minimum absolute atomic E-state index is 0.123. The van der Waals surface area contributed by atoms with Crippen molar-refractivity contribution in [2.45, 2.75) is 83.0 Å². The van der Waals surface area contributed by atoms with Gasteiger partial charge in [0.15, 0.2) is 0 Å². The molecule has 12 nitrogen and oxygen atoms in total. The molecule has 1 saturated carbocycles. The molecule has 44 heavy (non-hydrogen) atoms. The van der Waals surface area contributed by atoms with Gasteiger partial charge in [0, 0.05) is 11.8 Å². The smallest absolute Gasteiger partial charge is 0.460 e. The largest absolute Gasteiger partial charge is 0.464 e. The van der Waals surface area contributed by atoms with Gasteiger partial charge in [-0.1, -0.05) is 63.1 Å².